The Kier molecular flexibility index (Phi) is 3.93. The molecule has 1 unspecified atom stereocenters. The maximum Gasteiger partial charge on any atom is 0.227 e. The molecule has 3 nitrogen and oxygen atoms in total. The van der Waals surface area contributed by atoms with Crippen LogP contribution in [0.1, 0.15) is 25.3 Å². The van der Waals surface area contributed by atoms with Gasteiger partial charge in [0.1, 0.15) is 0 Å². The molecular formula is C14H19ClN2O. The van der Waals surface area contributed by atoms with E-state index in [-0.39, 0.29) is 17.4 Å². The Balaban J connectivity index is 1.89. The number of hydrogen-bond donors (Lipinski definition) is 2. The molecule has 1 aromatic rings. The molecule has 1 saturated carbocycles. The number of carbonyl (C=O) groups excluding carboxylic acids is 1. The first kappa shape index (κ1) is 13.4. The SMILES string of the molecule is CC(Cc1cccc(Cl)c1)NC(=O)C1(CN)CC1. The lowest BCUT2D eigenvalue weighted by molar-refractivity contribution is -0.126. The van der Waals surface area contributed by atoms with Gasteiger partial charge in [-0.1, -0.05) is 23.7 Å². The summed E-state index contributed by atoms with van der Waals surface area (Å²) in [6.45, 7) is 2.45. The van der Waals surface area contributed by atoms with E-state index >= 15 is 0 Å². The quantitative estimate of drug-likeness (QED) is 0.858. The van der Waals surface area contributed by atoms with Gasteiger partial charge in [0, 0.05) is 17.6 Å². The van der Waals surface area contributed by atoms with Crippen LogP contribution in [-0.4, -0.2) is 18.5 Å². The zero-order valence-electron chi connectivity index (χ0n) is 10.6. The third-order valence-corrected chi connectivity index (χ3v) is 3.77. The van der Waals surface area contributed by atoms with Crippen molar-refractivity contribution in [3.05, 3.63) is 34.9 Å². The number of nitrogens with two attached hydrogens (primary N) is 1. The summed E-state index contributed by atoms with van der Waals surface area (Å²) in [5, 5.41) is 3.77. The number of hydrogen-bond acceptors (Lipinski definition) is 2. The van der Waals surface area contributed by atoms with Crippen molar-refractivity contribution in [3.63, 3.8) is 0 Å². The van der Waals surface area contributed by atoms with Gasteiger partial charge in [0.25, 0.3) is 0 Å². The smallest absolute Gasteiger partial charge is 0.227 e. The molecule has 1 amide bonds. The fourth-order valence-corrected chi connectivity index (χ4v) is 2.33. The van der Waals surface area contributed by atoms with Crippen LogP contribution in [-0.2, 0) is 11.2 Å². The maximum atomic E-state index is 12.0. The molecule has 1 fully saturated rings. The van der Waals surface area contributed by atoms with Gasteiger partial charge < -0.3 is 11.1 Å². The summed E-state index contributed by atoms with van der Waals surface area (Å²) in [7, 11) is 0. The maximum absolute atomic E-state index is 12.0. The van der Waals surface area contributed by atoms with Gasteiger partial charge in [-0.2, -0.15) is 0 Å². The first-order valence-corrected chi connectivity index (χ1v) is 6.69. The molecule has 98 valence electrons. The second-order valence-corrected chi connectivity index (χ2v) is 5.63. The summed E-state index contributed by atoms with van der Waals surface area (Å²) in [6, 6.07) is 7.82. The van der Waals surface area contributed by atoms with Crippen LogP contribution in [0.25, 0.3) is 0 Å². The molecule has 0 radical (unpaired) electrons. The van der Waals surface area contributed by atoms with E-state index in [1.165, 1.54) is 0 Å². The Bertz CT molecular complexity index is 443. The van der Waals surface area contributed by atoms with Gasteiger partial charge in [-0.25, -0.2) is 0 Å². The molecule has 3 N–H and O–H groups in total. The number of halogens is 1. The van der Waals surface area contributed by atoms with Crippen molar-refractivity contribution >= 4 is 17.5 Å². The third kappa shape index (κ3) is 3.03. The third-order valence-electron chi connectivity index (χ3n) is 3.53. The summed E-state index contributed by atoms with van der Waals surface area (Å²) < 4.78 is 0. The van der Waals surface area contributed by atoms with Gasteiger partial charge in [0.2, 0.25) is 5.91 Å². The Hall–Kier alpha value is -1.06. The minimum Gasteiger partial charge on any atom is -0.353 e. The molecule has 18 heavy (non-hydrogen) atoms. The fourth-order valence-electron chi connectivity index (χ4n) is 2.12. The first-order chi connectivity index (χ1) is 8.55. The molecule has 0 aromatic heterocycles. The number of benzene rings is 1. The highest BCUT2D eigenvalue weighted by Crippen LogP contribution is 2.44. The zero-order chi connectivity index (χ0) is 13.2. The van der Waals surface area contributed by atoms with Crippen molar-refractivity contribution in [2.75, 3.05) is 6.54 Å². The Morgan fingerprint density at radius 3 is 2.83 bits per heavy atom. The van der Waals surface area contributed by atoms with Crippen molar-refractivity contribution in [2.45, 2.75) is 32.2 Å². The molecule has 0 aliphatic heterocycles. The molecule has 0 heterocycles. The number of amides is 1. The number of carbonyl (C=O) groups is 1. The fraction of sp³-hybridized carbons (Fsp3) is 0.500. The predicted octanol–water partition coefficient (Wildman–Crippen LogP) is 2.13. The highest BCUT2D eigenvalue weighted by Gasteiger charge is 2.48. The second kappa shape index (κ2) is 5.29. The second-order valence-electron chi connectivity index (χ2n) is 5.19. The predicted molar refractivity (Wildman–Crippen MR) is 73.5 cm³/mol. The van der Waals surface area contributed by atoms with E-state index in [9.17, 15) is 4.79 Å². The summed E-state index contributed by atoms with van der Waals surface area (Å²) in [5.41, 5.74) is 6.50. The summed E-state index contributed by atoms with van der Waals surface area (Å²) in [6.07, 6.45) is 2.62. The molecule has 2 rings (SSSR count). The largest absolute Gasteiger partial charge is 0.353 e. The molecule has 0 saturated heterocycles. The van der Waals surface area contributed by atoms with E-state index < -0.39 is 0 Å². The van der Waals surface area contributed by atoms with E-state index in [1.807, 2.05) is 31.2 Å². The van der Waals surface area contributed by atoms with Crippen LogP contribution >= 0.6 is 11.6 Å². The minimum absolute atomic E-state index is 0.0968. The van der Waals surface area contributed by atoms with Crippen molar-refractivity contribution in [1.82, 2.24) is 5.32 Å². The number of nitrogens with one attached hydrogen (secondary N) is 1. The van der Waals surface area contributed by atoms with Gasteiger partial charge in [-0.3, -0.25) is 4.79 Å². The van der Waals surface area contributed by atoms with Crippen LogP contribution in [0, 0.1) is 5.41 Å². The standard InChI is InChI=1S/C14H19ClN2O/c1-10(7-11-3-2-4-12(15)8-11)17-13(18)14(9-16)5-6-14/h2-4,8,10H,5-7,9,16H2,1H3,(H,17,18). The molecule has 1 aliphatic carbocycles. The first-order valence-electron chi connectivity index (χ1n) is 6.31. The zero-order valence-corrected chi connectivity index (χ0v) is 11.3. The lowest BCUT2D eigenvalue weighted by atomic mass is 10.0. The van der Waals surface area contributed by atoms with Crippen LogP contribution in [0.3, 0.4) is 0 Å². The highest BCUT2D eigenvalue weighted by atomic mass is 35.5. The lowest BCUT2D eigenvalue weighted by Gasteiger charge is -2.18. The monoisotopic (exact) mass is 266 g/mol. The topological polar surface area (TPSA) is 55.1 Å². The van der Waals surface area contributed by atoms with E-state index in [2.05, 4.69) is 5.32 Å². The summed E-state index contributed by atoms with van der Waals surface area (Å²) in [4.78, 5) is 12.0. The lowest BCUT2D eigenvalue weighted by Crippen LogP contribution is -2.42. The molecule has 0 spiro atoms. The molecule has 1 atom stereocenters. The average Bonchev–Trinajstić information content (AvgIpc) is 3.09. The van der Waals surface area contributed by atoms with Gasteiger partial charge in [0.15, 0.2) is 0 Å². The molecule has 4 heteroatoms. The Labute approximate surface area is 113 Å². The summed E-state index contributed by atoms with van der Waals surface area (Å²) >= 11 is 5.94. The van der Waals surface area contributed by atoms with E-state index in [1.54, 1.807) is 0 Å². The van der Waals surface area contributed by atoms with Crippen LogP contribution in [0.4, 0.5) is 0 Å². The number of rotatable bonds is 5. The Morgan fingerprint density at radius 1 is 1.56 bits per heavy atom. The molecule has 0 bridgehead atoms. The molecule has 1 aliphatic rings. The van der Waals surface area contributed by atoms with Crippen LogP contribution < -0.4 is 11.1 Å². The molecule has 1 aromatic carbocycles. The van der Waals surface area contributed by atoms with Crippen molar-refractivity contribution in [1.29, 1.82) is 0 Å². The van der Waals surface area contributed by atoms with Gasteiger partial charge in [0.05, 0.1) is 5.41 Å². The highest BCUT2D eigenvalue weighted by molar-refractivity contribution is 6.30. The van der Waals surface area contributed by atoms with Crippen molar-refractivity contribution in [2.24, 2.45) is 11.1 Å². The van der Waals surface area contributed by atoms with Crippen molar-refractivity contribution < 1.29 is 4.79 Å². The van der Waals surface area contributed by atoms with E-state index in [4.69, 9.17) is 17.3 Å². The average molecular weight is 267 g/mol. The van der Waals surface area contributed by atoms with Crippen LogP contribution in [0.15, 0.2) is 24.3 Å². The Morgan fingerprint density at radius 2 is 2.28 bits per heavy atom. The summed E-state index contributed by atoms with van der Waals surface area (Å²) in [5.74, 6) is 0.0968. The van der Waals surface area contributed by atoms with E-state index in [0.717, 1.165) is 29.8 Å². The van der Waals surface area contributed by atoms with E-state index in [0.29, 0.717) is 6.54 Å². The van der Waals surface area contributed by atoms with Gasteiger partial charge >= 0.3 is 0 Å². The normalized spacial score (nSPS) is 18.2. The van der Waals surface area contributed by atoms with Crippen LogP contribution in [0.5, 0.6) is 0 Å². The minimum atomic E-state index is -0.275. The van der Waals surface area contributed by atoms with Crippen molar-refractivity contribution in [3.8, 4) is 0 Å². The van der Waals surface area contributed by atoms with Gasteiger partial charge in [-0.05, 0) is 43.9 Å². The van der Waals surface area contributed by atoms with Gasteiger partial charge in [-0.15, -0.1) is 0 Å². The molecular weight excluding hydrogens is 248 g/mol. The van der Waals surface area contributed by atoms with Crippen LogP contribution in [0.2, 0.25) is 5.02 Å².